The van der Waals surface area contributed by atoms with Crippen molar-refractivity contribution in [1.29, 1.82) is 0 Å². The Morgan fingerprint density at radius 3 is 2.73 bits per heavy atom. The molecule has 5 nitrogen and oxygen atoms in total. The standard InChI is InChI=1S/C19H22ClFN2O3/c1-2-25-17-10-13(9-15(20)19(17)26-12-18(22)24)11-23-8-7-14-5-3-4-6-16(14)21/h3-6,9-10,23H,2,7-8,11-12H2,1H3,(H2,22,24). The Balaban J connectivity index is 1.98. The van der Waals surface area contributed by atoms with Gasteiger partial charge in [0, 0.05) is 6.54 Å². The van der Waals surface area contributed by atoms with Crippen LogP contribution in [0.5, 0.6) is 11.5 Å². The van der Waals surface area contributed by atoms with Gasteiger partial charge in [-0.2, -0.15) is 0 Å². The summed E-state index contributed by atoms with van der Waals surface area (Å²) in [5.41, 5.74) is 6.66. The molecular formula is C19H22ClFN2O3. The van der Waals surface area contributed by atoms with Crippen LogP contribution in [0.2, 0.25) is 5.02 Å². The van der Waals surface area contributed by atoms with Crippen molar-refractivity contribution in [2.24, 2.45) is 5.73 Å². The summed E-state index contributed by atoms with van der Waals surface area (Å²) >= 11 is 6.25. The van der Waals surface area contributed by atoms with Crippen molar-refractivity contribution in [2.45, 2.75) is 19.9 Å². The van der Waals surface area contributed by atoms with Gasteiger partial charge in [-0.05, 0) is 49.2 Å². The molecular weight excluding hydrogens is 359 g/mol. The molecule has 0 aliphatic heterocycles. The highest BCUT2D eigenvalue weighted by atomic mass is 35.5. The first kappa shape index (κ1) is 20.0. The van der Waals surface area contributed by atoms with Gasteiger partial charge >= 0.3 is 0 Å². The van der Waals surface area contributed by atoms with Gasteiger partial charge in [-0.25, -0.2) is 4.39 Å². The molecule has 0 fully saturated rings. The van der Waals surface area contributed by atoms with Crippen LogP contribution in [0, 0.1) is 5.82 Å². The van der Waals surface area contributed by atoms with Crippen molar-refractivity contribution in [2.75, 3.05) is 19.8 Å². The molecule has 0 saturated carbocycles. The van der Waals surface area contributed by atoms with Crippen LogP contribution in [-0.4, -0.2) is 25.7 Å². The molecule has 1 amide bonds. The van der Waals surface area contributed by atoms with E-state index in [1.54, 1.807) is 24.3 Å². The fourth-order valence-electron chi connectivity index (χ4n) is 2.43. The zero-order chi connectivity index (χ0) is 18.9. The highest BCUT2D eigenvalue weighted by Crippen LogP contribution is 2.36. The van der Waals surface area contributed by atoms with E-state index in [9.17, 15) is 9.18 Å². The maximum absolute atomic E-state index is 13.6. The Hall–Kier alpha value is -2.31. The fourth-order valence-corrected chi connectivity index (χ4v) is 2.71. The van der Waals surface area contributed by atoms with E-state index in [0.717, 1.165) is 5.56 Å². The first-order valence-corrected chi connectivity index (χ1v) is 8.69. The topological polar surface area (TPSA) is 73.6 Å². The molecule has 0 heterocycles. The van der Waals surface area contributed by atoms with Crippen molar-refractivity contribution >= 4 is 17.5 Å². The van der Waals surface area contributed by atoms with Gasteiger partial charge in [-0.3, -0.25) is 4.79 Å². The Labute approximate surface area is 157 Å². The number of amides is 1. The SMILES string of the molecule is CCOc1cc(CNCCc2ccccc2F)cc(Cl)c1OCC(N)=O. The molecule has 2 aromatic carbocycles. The molecule has 0 spiro atoms. The van der Waals surface area contributed by atoms with Gasteiger partial charge in [0.05, 0.1) is 11.6 Å². The number of carbonyl (C=O) groups excluding carboxylic acids is 1. The lowest BCUT2D eigenvalue weighted by atomic mass is 10.1. The van der Waals surface area contributed by atoms with Gasteiger partial charge in [0.1, 0.15) is 5.82 Å². The summed E-state index contributed by atoms with van der Waals surface area (Å²) < 4.78 is 24.5. The summed E-state index contributed by atoms with van der Waals surface area (Å²) in [7, 11) is 0. The third kappa shape index (κ3) is 5.89. The molecule has 0 aliphatic carbocycles. The summed E-state index contributed by atoms with van der Waals surface area (Å²) in [4.78, 5) is 10.9. The monoisotopic (exact) mass is 380 g/mol. The summed E-state index contributed by atoms with van der Waals surface area (Å²) in [6.45, 7) is 3.13. The molecule has 26 heavy (non-hydrogen) atoms. The highest BCUT2D eigenvalue weighted by molar-refractivity contribution is 6.32. The second-order valence-electron chi connectivity index (χ2n) is 5.61. The first-order chi connectivity index (χ1) is 12.5. The second kappa shape index (κ2) is 9.99. The van der Waals surface area contributed by atoms with Crippen molar-refractivity contribution in [3.8, 4) is 11.5 Å². The number of benzene rings is 2. The van der Waals surface area contributed by atoms with Crippen LogP contribution >= 0.6 is 11.6 Å². The average Bonchev–Trinajstić information content (AvgIpc) is 2.59. The quantitative estimate of drug-likeness (QED) is 0.621. The number of nitrogens with one attached hydrogen (secondary N) is 1. The Morgan fingerprint density at radius 2 is 2.04 bits per heavy atom. The van der Waals surface area contributed by atoms with E-state index in [0.29, 0.717) is 48.2 Å². The predicted octanol–water partition coefficient (Wildman–Crippen LogP) is 3.07. The molecule has 7 heteroatoms. The third-order valence-electron chi connectivity index (χ3n) is 3.59. The van der Waals surface area contributed by atoms with Crippen LogP contribution in [0.4, 0.5) is 4.39 Å². The summed E-state index contributed by atoms with van der Waals surface area (Å²) in [5, 5.41) is 3.58. The molecule has 0 aliphatic rings. The smallest absolute Gasteiger partial charge is 0.255 e. The van der Waals surface area contributed by atoms with Gasteiger partial charge in [-0.15, -0.1) is 0 Å². The largest absolute Gasteiger partial charge is 0.490 e. The van der Waals surface area contributed by atoms with E-state index in [1.165, 1.54) is 6.07 Å². The molecule has 2 aromatic rings. The van der Waals surface area contributed by atoms with E-state index < -0.39 is 5.91 Å². The van der Waals surface area contributed by atoms with Crippen molar-refractivity contribution in [3.05, 3.63) is 58.4 Å². The molecule has 3 N–H and O–H groups in total. The van der Waals surface area contributed by atoms with Gasteiger partial charge < -0.3 is 20.5 Å². The maximum atomic E-state index is 13.6. The molecule has 0 atom stereocenters. The molecule has 2 rings (SSSR count). The van der Waals surface area contributed by atoms with E-state index in [-0.39, 0.29) is 12.4 Å². The van der Waals surface area contributed by atoms with Gasteiger partial charge in [0.25, 0.3) is 5.91 Å². The minimum atomic E-state index is -0.595. The van der Waals surface area contributed by atoms with Crippen LogP contribution in [0.25, 0.3) is 0 Å². The van der Waals surface area contributed by atoms with E-state index in [4.69, 9.17) is 26.8 Å². The molecule has 140 valence electrons. The number of halogens is 2. The molecule has 0 aromatic heterocycles. The number of ether oxygens (including phenoxy) is 2. The zero-order valence-corrected chi connectivity index (χ0v) is 15.3. The normalized spacial score (nSPS) is 10.6. The van der Waals surface area contributed by atoms with Crippen LogP contribution in [-0.2, 0) is 17.8 Å². The van der Waals surface area contributed by atoms with Crippen molar-refractivity contribution < 1.29 is 18.7 Å². The van der Waals surface area contributed by atoms with Gasteiger partial charge in [0.2, 0.25) is 0 Å². The Kier molecular flexibility index (Phi) is 7.69. The number of hydrogen-bond donors (Lipinski definition) is 2. The predicted molar refractivity (Wildman–Crippen MR) is 99.1 cm³/mol. The molecule has 0 saturated heterocycles. The summed E-state index contributed by atoms with van der Waals surface area (Å²) in [5.74, 6) is -0.0519. The fraction of sp³-hybridized carbons (Fsp3) is 0.316. The van der Waals surface area contributed by atoms with Crippen LogP contribution < -0.4 is 20.5 Å². The maximum Gasteiger partial charge on any atom is 0.255 e. The van der Waals surface area contributed by atoms with E-state index in [1.807, 2.05) is 13.0 Å². The Bertz CT molecular complexity index is 756. The minimum Gasteiger partial charge on any atom is -0.490 e. The lowest BCUT2D eigenvalue weighted by Crippen LogP contribution is -2.20. The molecule has 0 bridgehead atoms. The Morgan fingerprint density at radius 1 is 1.27 bits per heavy atom. The first-order valence-electron chi connectivity index (χ1n) is 8.31. The average molecular weight is 381 g/mol. The van der Waals surface area contributed by atoms with Crippen LogP contribution in [0.3, 0.4) is 0 Å². The number of carbonyl (C=O) groups is 1. The minimum absolute atomic E-state index is 0.202. The lowest BCUT2D eigenvalue weighted by molar-refractivity contribution is -0.119. The van der Waals surface area contributed by atoms with Crippen molar-refractivity contribution in [1.82, 2.24) is 5.32 Å². The van der Waals surface area contributed by atoms with Crippen LogP contribution in [0.15, 0.2) is 36.4 Å². The summed E-state index contributed by atoms with van der Waals surface area (Å²) in [6, 6.07) is 10.2. The van der Waals surface area contributed by atoms with Gasteiger partial charge in [-0.1, -0.05) is 29.8 Å². The van der Waals surface area contributed by atoms with E-state index >= 15 is 0 Å². The van der Waals surface area contributed by atoms with Crippen LogP contribution in [0.1, 0.15) is 18.1 Å². The van der Waals surface area contributed by atoms with E-state index in [2.05, 4.69) is 5.32 Å². The third-order valence-corrected chi connectivity index (χ3v) is 3.87. The van der Waals surface area contributed by atoms with Gasteiger partial charge in [0.15, 0.2) is 18.1 Å². The number of hydrogen-bond acceptors (Lipinski definition) is 4. The zero-order valence-electron chi connectivity index (χ0n) is 14.6. The lowest BCUT2D eigenvalue weighted by Gasteiger charge is -2.15. The number of primary amides is 1. The highest BCUT2D eigenvalue weighted by Gasteiger charge is 2.13. The number of rotatable bonds is 10. The van der Waals surface area contributed by atoms with Crippen molar-refractivity contribution in [3.63, 3.8) is 0 Å². The molecule has 0 unspecified atom stereocenters. The second-order valence-corrected chi connectivity index (χ2v) is 6.02. The summed E-state index contributed by atoms with van der Waals surface area (Å²) in [6.07, 6.45) is 0.582. The number of nitrogens with two attached hydrogens (primary N) is 1. The molecule has 0 radical (unpaired) electrons.